The summed E-state index contributed by atoms with van der Waals surface area (Å²) in [7, 11) is 14.3. The van der Waals surface area contributed by atoms with Crippen LogP contribution in [-0.2, 0) is 18.8 Å². The van der Waals surface area contributed by atoms with Crippen molar-refractivity contribution in [2.45, 2.75) is 51.0 Å². The monoisotopic (exact) mass is 1590 g/mol. The number of nitriles is 3. The summed E-state index contributed by atoms with van der Waals surface area (Å²) < 4.78 is 84.0. The van der Waals surface area contributed by atoms with E-state index in [2.05, 4.69) is 26.3 Å². The predicted octanol–water partition coefficient (Wildman–Crippen LogP) is 15.1. The number of nitrogens with two attached hydrogens (primary N) is 1. The molecule has 592 valence electrons. The summed E-state index contributed by atoms with van der Waals surface area (Å²) in [5.41, 5.74) is 17.1. The number of amides is 3. The number of nitrogens with zero attached hydrogens (tertiary/aromatic N) is 9. The molecule has 28 heteroatoms. The molecule has 24 nitrogen and oxygen atoms in total. The van der Waals surface area contributed by atoms with Gasteiger partial charge in [-0.1, -0.05) is 29.8 Å². The van der Waals surface area contributed by atoms with Crippen molar-refractivity contribution >= 4 is 80.9 Å². The Bertz CT molecular complexity index is 5870. The van der Waals surface area contributed by atoms with Gasteiger partial charge in [0.25, 0.3) is 17.7 Å². The molecule has 5 aliphatic rings. The van der Waals surface area contributed by atoms with Crippen LogP contribution in [0.2, 0.25) is 5.02 Å². The summed E-state index contributed by atoms with van der Waals surface area (Å²) in [6.07, 6.45) is 4.99. The van der Waals surface area contributed by atoms with Crippen LogP contribution in [0.1, 0.15) is 75.5 Å². The number of halogens is 3. The van der Waals surface area contributed by atoms with Crippen molar-refractivity contribution in [1.29, 1.82) is 15.8 Å². The zero-order valence-corrected chi connectivity index (χ0v) is 66.8. The van der Waals surface area contributed by atoms with Crippen molar-refractivity contribution in [3.8, 4) is 91.7 Å². The van der Waals surface area contributed by atoms with E-state index in [0.29, 0.717) is 141 Å². The fourth-order valence-electron chi connectivity index (χ4n) is 13.9. The van der Waals surface area contributed by atoms with Crippen molar-refractivity contribution < 1.29 is 69.4 Å². The Hall–Kier alpha value is -12.5. The second-order valence-electron chi connectivity index (χ2n) is 29.9. The maximum atomic E-state index is 13.7. The average Bonchev–Trinajstić information content (AvgIpc) is 1.59. The molecule has 0 radical (unpaired) electrons. The zero-order chi connectivity index (χ0) is 82.8. The first-order valence-corrected chi connectivity index (χ1v) is 37.4. The summed E-state index contributed by atoms with van der Waals surface area (Å²) in [4.78, 5) is 54.3. The number of hydrogen-bond donors (Lipinski definition) is 2. The van der Waals surface area contributed by atoms with Crippen LogP contribution in [0.25, 0.3) is 89.5 Å². The summed E-state index contributed by atoms with van der Waals surface area (Å²) in [5, 5.41) is 31.8. The fourth-order valence-corrected chi connectivity index (χ4v) is 14.1. The summed E-state index contributed by atoms with van der Waals surface area (Å²) in [6, 6.07) is 47.8. The van der Waals surface area contributed by atoms with Gasteiger partial charge in [0, 0.05) is 143 Å². The number of carbonyl (C=O) groups is 3. The Kier molecular flexibility index (Phi) is 23.8. The van der Waals surface area contributed by atoms with Gasteiger partial charge in [-0.25, -0.2) is 8.78 Å². The lowest BCUT2D eigenvalue weighted by atomic mass is 9.78. The van der Waals surface area contributed by atoms with Crippen molar-refractivity contribution in [1.82, 2.24) is 29.7 Å². The number of furan rings is 3. The van der Waals surface area contributed by atoms with E-state index in [9.17, 15) is 28.4 Å². The molecule has 2 saturated carbocycles. The molecule has 17 rings (SSSR count). The highest BCUT2D eigenvalue weighted by molar-refractivity contribution is 6.62. The molecule has 3 saturated heterocycles. The summed E-state index contributed by atoms with van der Waals surface area (Å²) in [5.74, 6) is 4.36. The Morgan fingerprint density at radius 2 is 0.871 bits per heavy atom. The lowest BCUT2D eigenvalue weighted by Gasteiger charge is -2.32. The standard InChI is InChI=1S/C29H26N4O4.C24H18FN3O3.C17H15ClN2O3.C13H15BFNO2.C5H9NO/c1-33(2)29(34)17-4-6-20(25(11-17)35-3)26-12-24-28(37-26)19(8-9-31-24)16-5-7-23(18(10-16)13-30)32-27-21-14-36-15-22(21)27;1-28(2)24(29)15-4-6-18(21(11-15)30-3)22-12-20-23(31-22)17(8-9-27-20)14-5-7-19(25)16(10-14)13-26;1-20(2)17(21)10-4-5-11(14(8-10)22-3)15-9-13-16(23-15)12(18)6-7-19-13;1-12(2)13(3,4)18-14(17-12)10-5-6-11(15)9(7-10)8-16;6-5-3-1-7-2-4(3)5/h4-12,21-22,27,32H,14-15H2,1-3H3;4-12H,1-3H3;4-9H,1-3H3;5-7H,1-4H3;3-5H,1-2,6H2. The number of anilines is 1. The van der Waals surface area contributed by atoms with E-state index in [1.165, 1.54) is 46.1 Å². The van der Waals surface area contributed by atoms with Gasteiger partial charge in [-0.2, -0.15) is 15.8 Å². The smallest absolute Gasteiger partial charge is 0.494 e. The average molecular weight is 1590 g/mol. The van der Waals surface area contributed by atoms with Crippen LogP contribution in [0, 0.1) is 69.3 Å². The predicted molar refractivity (Wildman–Crippen MR) is 435 cm³/mol. The van der Waals surface area contributed by atoms with Crippen LogP contribution in [-0.4, -0.2) is 168 Å². The third-order valence-corrected chi connectivity index (χ3v) is 21.6. The van der Waals surface area contributed by atoms with E-state index < -0.39 is 30.0 Å². The molecule has 4 unspecified atom stereocenters. The first kappa shape index (κ1) is 81.5. The van der Waals surface area contributed by atoms with Gasteiger partial charge in [0.1, 0.15) is 80.9 Å². The van der Waals surface area contributed by atoms with E-state index in [4.69, 9.17) is 74.1 Å². The van der Waals surface area contributed by atoms with Crippen molar-refractivity contribution in [3.63, 3.8) is 0 Å². The van der Waals surface area contributed by atoms with Crippen molar-refractivity contribution in [3.05, 3.63) is 214 Å². The number of ether oxygens (including phenoxy) is 5. The number of fused-ring (bicyclic) bond motifs is 5. The number of hydrogen-bond acceptors (Lipinski definition) is 21. The number of pyridine rings is 3. The molecule has 0 bridgehead atoms. The lowest BCUT2D eigenvalue weighted by molar-refractivity contribution is 0.00578. The van der Waals surface area contributed by atoms with Crippen LogP contribution in [0.4, 0.5) is 14.5 Å². The largest absolute Gasteiger partial charge is 0.496 e. The number of aromatic nitrogens is 3. The van der Waals surface area contributed by atoms with Crippen molar-refractivity contribution in [2.75, 3.05) is 95.4 Å². The molecular weight excluding hydrogens is 1500 g/mol. The molecule has 116 heavy (non-hydrogen) atoms. The maximum Gasteiger partial charge on any atom is 0.494 e. The number of rotatable bonds is 14. The quantitative estimate of drug-likeness (QED) is 0.0955. The minimum Gasteiger partial charge on any atom is -0.496 e. The van der Waals surface area contributed by atoms with Gasteiger partial charge in [0.2, 0.25) is 0 Å². The van der Waals surface area contributed by atoms with Crippen LogP contribution >= 0.6 is 11.6 Å². The van der Waals surface area contributed by atoms with Gasteiger partial charge in [-0.3, -0.25) is 29.3 Å². The summed E-state index contributed by atoms with van der Waals surface area (Å²) in [6.45, 7) is 11.2. The third-order valence-electron chi connectivity index (χ3n) is 21.3. The van der Waals surface area contributed by atoms with Gasteiger partial charge in [0.15, 0.2) is 16.7 Å². The number of benzene rings is 6. The molecule has 2 aliphatic carbocycles. The minimum atomic E-state index is -0.575. The van der Waals surface area contributed by atoms with Gasteiger partial charge >= 0.3 is 7.12 Å². The molecule has 12 aromatic rings. The van der Waals surface area contributed by atoms with Gasteiger partial charge in [-0.15, -0.1) is 0 Å². The van der Waals surface area contributed by atoms with Crippen molar-refractivity contribution in [2.24, 2.45) is 29.4 Å². The number of nitrogens with one attached hydrogen (secondary N) is 1. The minimum absolute atomic E-state index is 0.00205. The van der Waals surface area contributed by atoms with E-state index in [1.54, 1.807) is 160 Å². The Labute approximate surface area is 673 Å². The molecule has 6 aromatic carbocycles. The van der Waals surface area contributed by atoms with Crippen LogP contribution in [0.15, 0.2) is 177 Å². The van der Waals surface area contributed by atoms with Gasteiger partial charge < -0.3 is 72.0 Å². The fraction of sp³-hybridized carbons (Fsp3) is 0.284. The molecule has 3 N–H and O–H groups in total. The first-order chi connectivity index (χ1) is 55.6. The Balaban J connectivity index is 0.000000134. The number of methoxy groups -OCH3 is 3. The maximum absolute atomic E-state index is 13.7. The normalized spacial score (nSPS) is 18.0. The molecule has 5 fully saturated rings. The Morgan fingerprint density at radius 1 is 0.491 bits per heavy atom. The highest BCUT2D eigenvalue weighted by Crippen LogP contribution is 2.48. The van der Waals surface area contributed by atoms with E-state index >= 15 is 0 Å². The highest BCUT2D eigenvalue weighted by Gasteiger charge is 2.55. The molecule has 3 aliphatic heterocycles. The molecule has 4 atom stereocenters. The topological polar surface area (TPSA) is 313 Å². The second-order valence-corrected chi connectivity index (χ2v) is 30.3. The van der Waals surface area contributed by atoms with E-state index in [0.717, 1.165) is 66.2 Å². The first-order valence-electron chi connectivity index (χ1n) is 37.1. The van der Waals surface area contributed by atoms with E-state index in [-0.39, 0.29) is 28.8 Å². The molecule has 3 amide bonds. The highest BCUT2D eigenvalue weighted by atomic mass is 35.5. The Morgan fingerprint density at radius 3 is 1.27 bits per heavy atom. The molecular formula is C88H83BClF2N11O13. The van der Waals surface area contributed by atoms with E-state index in [1.807, 2.05) is 76.2 Å². The molecule has 9 heterocycles. The third kappa shape index (κ3) is 16.9. The van der Waals surface area contributed by atoms with Gasteiger partial charge in [0.05, 0.1) is 103 Å². The van der Waals surface area contributed by atoms with Crippen LogP contribution < -0.4 is 30.7 Å². The van der Waals surface area contributed by atoms with Gasteiger partial charge in [-0.05, 0) is 153 Å². The second kappa shape index (κ2) is 33.9. The SMILES string of the molecule is CC1(C)OB(c2ccc(F)c(C#N)c2)OC1(C)C.COc1cc(C(=O)N(C)C)ccc1-c1cc2nccc(-c3ccc(F)c(C#N)c3)c2o1.COc1cc(C(=O)N(C)C)ccc1-c1cc2nccc(-c3ccc(NC4C5COCC54)c(C#N)c3)c2o1.COc1cc(C(=O)N(C)C)ccc1-c1cc2nccc(Cl)c2o1.NC1C2COCC12. The summed E-state index contributed by atoms with van der Waals surface area (Å²) >= 11 is 6.12. The van der Waals surface area contributed by atoms with Crippen LogP contribution in [0.5, 0.6) is 17.2 Å². The molecule has 6 aromatic heterocycles. The van der Waals surface area contributed by atoms with Crippen LogP contribution in [0.3, 0.4) is 0 Å². The molecule has 0 spiro atoms. The zero-order valence-electron chi connectivity index (χ0n) is 66.0. The number of carbonyl (C=O) groups excluding carboxylic acids is 3. The lowest BCUT2D eigenvalue weighted by Crippen LogP contribution is -2.41.